The Bertz CT molecular complexity index is 690. The lowest BCUT2D eigenvalue weighted by Crippen LogP contribution is -2.29. The minimum Gasteiger partial charge on any atom is -0.318 e. The first-order valence-electron chi connectivity index (χ1n) is 5.78. The molecule has 0 aliphatic rings. The summed E-state index contributed by atoms with van der Waals surface area (Å²) in [5, 5.41) is 5.63. The number of halogens is 3. The first-order valence-corrected chi connectivity index (χ1v) is 7.62. The van der Waals surface area contributed by atoms with Crippen LogP contribution in [0.5, 0.6) is 0 Å². The number of rotatable bonds is 2. The lowest BCUT2D eigenvalue weighted by molar-refractivity contribution is -0.132. The Morgan fingerprint density at radius 3 is 2.14 bits per heavy atom. The Morgan fingerprint density at radius 1 is 0.905 bits per heavy atom. The monoisotopic (exact) mass is 434 g/mol. The Kier molecular flexibility index (Phi) is 5.44. The standard InChI is InChI=1S/C14H9Cl2IN2O2/c15-8-1-6-12(11(16)7-8)19-14(21)13(20)18-10-4-2-9(17)3-5-10/h1-7H,(H,18,20)(H,19,21). The fourth-order valence-electron chi connectivity index (χ4n) is 1.49. The van der Waals surface area contributed by atoms with Gasteiger partial charge in [-0.2, -0.15) is 0 Å². The van der Waals surface area contributed by atoms with Crippen LogP contribution >= 0.6 is 45.8 Å². The number of carbonyl (C=O) groups is 2. The van der Waals surface area contributed by atoms with E-state index < -0.39 is 11.8 Å². The van der Waals surface area contributed by atoms with Crippen LogP contribution in [0, 0.1) is 3.57 Å². The van der Waals surface area contributed by atoms with Gasteiger partial charge in [-0.25, -0.2) is 0 Å². The highest BCUT2D eigenvalue weighted by Crippen LogP contribution is 2.25. The molecule has 0 aromatic heterocycles. The Labute approximate surface area is 145 Å². The van der Waals surface area contributed by atoms with E-state index in [9.17, 15) is 9.59 Å². The average molecular weight is 435 g/mol. The maximum Gasteiger partial charge on any atom is 0.314 e. The minimum atomic E-state index is -0.808. The van der Waals surface area contributed by atoms with E-state index >= 15 is 0 Å². The largest absolute Gasteiger partial charge is 0.318 e. The van der Waals surface area contributed by atoms with Crippen molar-refractivity contribution < 1.29 is 9.59 Å². The summed E-state index contributed by atoms with van der Waals surface area (Å²) in [6.45, 7) is 0. The minimum absolute atomic E-state index is 0.262. The second kappa shape index (κ2) is 7.11. The van der Waals surface area contributed by atoms with Crippen molar-refractivity contribution in [2.45, 2.75) is 0 Å². The Hall–Kier alpha value is -1.31. The fraction of sp³-hybridized carbons (Fsp3) is 0. The molecule has 2 amide bonds. The van der Waals surface area contributed by atoms with Crippen LogP contribution in [-0.4, -0.2) is 11.8 Å². The molecule has 4 nitrogen and oxygen atoms in total. The molecule has 0 heterocycles. The van der Waals surface area contributed by atoms with E-state index in [1.165, 1.54) is 12.1 Å². The van der Waals surface area contributed by atoms with Gasteiger partial charge in [-0.15, -0.1) is 0 Å². The summed E-state index contributed by atoms with van der Waals surface area (Å²) in [5.74, 6) is -1.58. The molecular weight excluding hydrogens is 426 g/mol. The summed E-state index contributed by atoms with van der Waals surface area (Å²) < 4.78 is 1.03. The third-order valence-electron chi connectivity index (χ3n) is 2.49. The van der Waals surface area contributed by atoms with Gasteiger partial charge in [0.2, 0.25) is 0 Å². The number of nitrogens with one attached hydrogen (secondary N) is 2. The van der Waals surface area contributed by atoms with E-state index in [1.807, 2.05) is 12.1 Å². The van der Waals surface area contributed by atoms with E-state index in [1.54, 1.807) is 18.2 Å². The molecule has 0 atom stereocenters. The molecular formula is C14H9Cl2IN2O2. The molecule has 0 bridgehead atoms. The number of hydrogen-bond donors (Lipinski definition) is 2. The molecule has 2 aromatic rings. The number of benzene rings is 2. The van der Waals surface area contributed by atoms with E-state index in [-0.39, 0.29) is 5.02 Å². The molecule has 0 radical (unpaired) electrons. The summed E-state index contributed by atoms with van der Waals surface area (Å²) in [4.78, 5) is 23.6. The van der Waals surface area contributed by atoms with E-state index in [0.717, 1.165) is 3.57 Å². The second-order valence-corrected chi connectivity index (χ2v) is 6.13. The van der Waals surface area contributed by atoms with E-state index in [0.29, 0.717) is 16.4 Å². The highest BCUT2D eigenvalue weighted by Gasteiger charge is 2.15. The summed E-state index contributed by atoms with van der Waals surface area (Å²) in [6, 6.07) is 11.6. The van der Waals surface area contributed by atoms with Gasteiger partial charge in [0, 0.05) is 14.3 Å². The number of hydrogen-bond acceptors (Lipinski definition) is 2. The van der Waals surface area contributed by atoms with Gasteiger partial charge in [-0.1, -0.05) is 23.2 Å². The van der Waals surface area contributed by atoms with Crippen LogP contribution in [0.15, 0.2) is 42.5 Å². The summed E-state index contributed by atoms with van der Waals surface area (Å²) in [5.41, 5.74) is 0.863. The molecule has 0 fully saturated rings. The molecule has 2 rings (SSSR count). The maximum atomic E-state index is 11.8. The predicted molar refractivity (Wildman–Crippen MR) is 92.9 cm³/mol. The van der Waals surface area contributed by atoms with Crippen molar-refractivity contribution in [1.29, 1.82) is 0 Å². The van der Waals surface area contributed by atoms with Crippen LogP contribution in [0.1, 0.15) is 0 Å². The number of anilines is 2. The van der Waals surface area contributed by atoms with Crippen molar-refractivity contribution in [2.75, 3.05) is 10.6 Å². The highest BCUT2D eigenvalue weighted by molar-refractivity contribution is 14.1. The van der Waals surface area contributed by atoms with Crippen LogP contribution in [-0.2, 0) is 9.59 Å². The summed E-state index contributed by atoms with van der Waals surface area (Å²) in [6.07, 6.45) is 0. The zero-order valence-electron chi connectivity index (χ0n) is 10.5. The van der Waals surface area contributed by atoms with Crippen molar-refractivity contribution >= 4 is 69.0 Å². The first kappa shape index (κ1) is 16.1. The van der Waals surface area contributed by atoms with E-state index in [2.05, 4.69) is 33.2 Å². The number of carbonyl (C=O) groups excluding carboxylic acids is 2. The zero-order valence-corrected chi connectivity index (χ0v) is 14.2. The van der Waals surface area contributed by atoms with Crippen molar-refractivity contribution in [3.63, 3.8) is 0 Å². The van der Waals surface area contributed by atoms with Crippen molar-refractivity contribution in [2.24, 2.45) is 0 Å². The lowest BCUT2D eigenvalue weighted by Gasteiger charge is -2.08. The molecule has 0 saturated heterocycles. The molecule has 0 spiro atoms. The van der Waals surface area contributed by atoms with Crippen molar-refractivity contribution in [1.82, 2.24) is 0 Å². The molecule has 7 heteroatoms. The van der Waals surface area contributed by atoms with Gasteiger partial charge >= 0.3 is 11.8 Å². The molecule has 0 saturated carbocycles. The van der Waals surface area contributed by atoms with Gasteiger partial charge in [0.25, 0.3) is 0 Å². The quantitative estimate of drug-likeness (QED) is 0.550. The second-order valence-electron chi connectivity index (χ2n) is 4.04. The first-order chi connectivity index (χ1) is 9.95. The predicted octanol–water partition coefficient (Wildman–Crippen LogP) is 4.18. The van der Waals surface area contributed by atoms with Gasteiger partial charge in [0.1, 0.15) is 0 Å². The molecule has 21 heavy (non-hydrogen) atoms. The molecule has 0 aliphatic carbocycles. The van der Waals surface area contributed by atoms with Gasteiger partial charge in [0.15, 0.2) is 0 Å². The third kappa shape index (κ3) is 4.59. The van der Waals surface area contributed by atoms with Crippen LogP contribution < -0.4 is 10.6 Å². The lowest BCUT2D eigenvalue weighted by atomic mass is 10.3. The van der Waals surface area contributed by atoms with Gasteiger partial charge in [0.05, 0.1) is 10.7 Å². The summed E-state index contributed by atoms with van der Waals surface area (Å²) >= 11 is 13.8. The van der Waals surface area contributed by atoms with Gasteiger partial charge in [-0.05, 0) is 65.1 Å². The SMILES string of the molecule is O=C(Nc1ccc(I)cc1)C(=O)Nc1ccc(Cl)cc1Cl. The van der Waals surface area contributed by atoms with E-state index in [4.69, 9.17) is 23.2 Å². The zero-order chi connectivity index (χ0) is 15.4. The topological polar surface area (TPSA) is 58.2 Å². The Morgan fingerprint density at radius 2 is 1.52 bits per heavy atom. The normalized spacial score (nSPS) is 10.0. The highest BCUT2D eigenvalue weighted by atomic mass is 127. The van der Waals surface area contributed by atoms with Gasteiger partial charge in [-0.3, -0.25) is 9.59 Å². The average Bonchev–Trinajstić information content (AvgIpc) is 2.44. The third-order valence-corrected chi connectivity index (χ3v) is 3.75. The smallest absolute Gasteiger partial charge is 0.314 e. The van der Waals surface area contributed by atoms with Crippen LogP contribution in [0.4, 0.5) is 11.4 Å². The van der Waals surface area contributed by atoms with Gasteiger partial charge < -0.3 is 10.6 Å². The fourth-order valence-corrected chi connectivity index (χ4v) is 2.31. The molecule has 0 unspecified atom stereocenters. The van der Waals surface area contributed by atoms with Crippen LogP contribution in [0.2, 0.25) is 10.0 Å². The Balaban J connectivity index is 2.02. The molecule has 108 valence electrons. The molecule has 2 aromatic carbocycles. The van der Waals surface area contributed by atoms with Crippen LogP contribution in [0.3, 0.4) is 0 Å². The maximum absolute atomic E-state index is 11.8. The van der Waals surface area contributed by atoms with Crippen molar-refractivity contribution in [3.8, 4) is 0 Å². The molecule has 0 aliphatic heterocycles. The number of amides is 2. The van der Waals surface area contributed by atoms with Crippen molar-refractivity contribution in [3.05, 3.63) is 56.1 Å². The molecule has 2 N–H and O–H groups in total. The van der Waals surface area contributed by atoms with Crippen LogP contribution in [0.25, 0.3) is 0 Å². The summed E-state index contributed by atoms with van der Waals surface area (Å²) in [7, 11) is 0.